The van der Waals surface area contributed by atoms with Crippen LogP contribution in [0.1, 0.15) is 16.8 Å². The number of carbonyl (C=O) groups is 2. The minimum atomic E-state index is -0.952. The predicted molar refractivity (Wildman–Crippen MR) is 113 cm³/mol. The normalized spacial score (nSPS) is 10.8. The fourth-order valence-corrected chi connectivity index (χ4v) is 3.08. The summed E-state index contributed by atoms with van der Waals surface area (Å²) < 4.78 is 26.5. The van der Waals surface area contributed by atoms with E-state index in [1.807, 2.05) is 36.4 Å². The monoisotopic (exact) mass is 420 g/mol. The highest BCUT2D eigenvalue weighted by Gasteiger charge is 2.13. The first-order chi connectivity index (χ1) is 15.0. The van der Waals surface area contributed by atoms with Gasteiger partial charge in [0.25, 0.3) is 5.91 Å². The number of fused-ring (bicyclic) bond motifs is 1. The van der Waals surface area contributed by atoms with Crippen molar-refractivity contribution in [3.63, 3.8) is 0 Å². The Morgan fingerprint density at radius 3 is 2.48 bits per heavy atom. The molecule has 0 aliphatic heterocycles. The molecule has 0 aliphatic rings. The summed E-state index contributed by atoms with van der Waals surface area (Å²) in [6.45, 7) is 0.0125. The quantitative estimate of drug-likeness (QED) is 0.435. The van der Waals surface area contributed by atoms with Gasteiger partial charge in [-0.2, -0.15) is 0 Å². The average Bonchev–Trinajstić information content (AvgIpc) is 3.18. The first-order valence-corrected chi connectivity index (χ1v) is 9.58. The van der Waals surface area contributed by atoms with Gasteiger partial charge < -0.3 is 15.6 Å². The molecule has 1 heterocycles. The summed E-state index contributed by atoms with van der Waals surface area (Å²) in [5.74, 6) is -2.00. The topological polar surface area (TPSA) is 86.9 Å². The van der Waals surface area contributed by atoms with Crippen LogP contribution in [0.3, 0.4) is 0 Å². The van der Waals surface area contributed by atoms with Crippen molar-refractivity contribution in [1.29, 1.82) is 0 Å². The van der Waals surface area contributed by atoms with Crippen LogP contribution in [-0.4, -0.2) is 28.3 Å². The Labute approximate surface area is 176 Å². The third-order valence-electron chi connectivity index (χ3n) is 4.64. The van der Waals surface area contributed by atoms with Gasteiger partial charge in [0, 0.05) is 30.3 Å². The van der Waals surface area contributed by atoms with Crippen molar-refractivity contribution in [1.82, 2.24) is 15.3 Å². The van der Waals surface area contributed by atoms with E-state index >= 15 is 0 Å². The maximum absolute atomic E-state index is 13.6. The van der Waals surface area contributed by atoms with Gasteiger partial charge in [0.05, 0.1) is 16.6 Å². The lowest BCUT2D eigenvalue weighted by Crippen LogP contribution is -2.28. The summed E-state index contributed by atoms with van der Waals surface area (Å²) >= 11 is 0. The molecule has 6 nitrogen and oxygen atoms in total. The summed E-state index contributed by atoms with van der Waals surface area (Å²) in [4.78, 5) is 31.8. The van der Waals surface area contributed by atoms with E-state index in [0.29, 0.717) is 11.8 Å². The number of para-hydroxylation sites is 2. The lowest BCUT2D eigenvalue weighted by atomic mass is 10.2. The zero-order valence-electron chi connectivity index (χ0n) is 16.3. The second-order valence-electron chi connectivity index (χ2n) is 6.86. The fourth-order valence-electron chi connectivity index (χ4n) is 3.08. The van der Waals surface area contributed by atoms with E-state index in [4.69, 9.17) is 0 Å². The molecule has 0 unspecified atom stereocenters. The molecule has 156 valence electrons. The number of nitrogens with zero attached hydrogens (tertiary/aromatic N) is 1. The first kappa shape index (κ1) is 20.2. The largest absolute Gasteiger partial charge is 0.351 e. The number of aromatic nitrogens is 2. The molecule has 3 aromatic carbocycles. The van der Waals surface area contributed by atoms with E-state index in [0.717, 1.165) is 34.6 Å². The second kappa shape index (κ2) is 8.74. The van der Waals surface area contributed by atoms with E-state index in [-0.39, 0.29) is 24.4 Å². The van der Waals surface area contributed by atoms with Crippen LogP contribution in [0.25, 0.3) is 22.4 Å². The van der Waals surface area contributed by atoms with Crippen LogP contribution in [-0.2, 0) is 4.79 Å². The van der Waals surface area contributed by atoms with Gasteiger partial charge in [-0.3, -0.25) is 9.59 Å². The number of halogens is 2. The number of H-pyrrole nitrogens is 1. The molecule has 31 heavy (non-hydrogen) atoms. The molecule has 0 saturated carbocycles. The van der Waals surface area contributed by atoms with Gasteiger partial charge >= 0.3 is 0 Å². The van der Waals surface area contributed by atoms with Crippen molar-refractivity contribution in [2.75, 3.05) is 11.9 Å². The molecule has 0 atom stereocenters. The van der Waals surface area contributed by atoms with Gasteiger partial charge in [-0.25, -0.2) is 13.8 Å². The molecule has 0 saturated heterocycles. The molecule has 8 heteroatoms. The molecule has 2 amide bonds. The number of rotatable bonds is 6. The van der Waals surface area contributed by atoms with Crippen LogP contribution >= 0.6 is 0 Å². The van der Waals surface area contributed by atoms with Crippen molar-refractivity contribution < 1.29 is 18.4 Å². The minimum Gasteiger partial charge on any atom is -0.351 e. The number of imidazole rings is 1. The number of benzene rings is 3. The smallest absolute Gasteiger partial charge is 0.254 e. The summed E-state index contributed by atoms with van der Waals surface area (Å²) in [7, 11) is 0. The maximum atomic E-state index is 13.6. The van der Waals surface area contributed by atoms with Gasteiger partial charge in [0.2, 0.25) is 5.91 Å². The number of carbonyl (C=O) groups excluding carboxylic acids is 2. The molecule has 0 fully saturated rings. The Morgan fingerprint density at radius 1 is 0.968 bits per heavy atom. The Morgan fingerprint density at radius 2 is 1.74 bits per heavy atom. The average molecular weight is 420 g/mol. The maximum Gasteiger partial charge on any atom is 0.254 e. The third kappa shape index (κ3) is 4.75. The summed E-state index contributed by atoms with van der Waals surface area (Å²) in [5.41, 5.74) is 3.02. The molecule has 0 radical (unpaired) electrons. The van der Waals surface area contributed by atoms with Crippen LogP contribution in [0.4, 0.5) is 14.5 Å². The number of aromatic amines is 1. The molecule has 0 bridgehead atoms. The number of nitrogens with one attached hydrogen (secondary N) is 3. The van der Waals surface area contributed by atoms with Crippen molar-refractivity contribution in [3.05, 3.63) is 83.9 Å². The first-order valence-electron chi connectivity index (χ1n) is 9.58. The minimum absolute atomic E-state index is 0.000121. The van der Waals surface area contributed by atoms with Crippen LogP contribution in [0, 0.1) is 11.6 Å². The third-order valence-corrected chi connectivity index (χ3v) is 4.64. The van der Waals surface area contributed by atoms with Crippen LogP contribution < -0.4 is 10.6 Å². The zero-order valence-corrected chi connectivity index (χ0v) is 16.3. The molecule has 1 aromatic heterocycles. The van der Waals surface area contributed by atoms with Gasteiger partial charge in [0.15, 0.2) is 0 Å². The summed E-state index contributed by atoms with van der Waals surface area (Å²) in [6, 6.07) is 17.6. The number of hydrogen-bond donors (Lipinski definition) is 3. The van der Waals surface area contributed by atoms with Crippen LogP contribution in [0.15, 0.2) is 66.7 Å². The fraction of sp³-hybridized carbons (Fsp3) is 0.0870. The molecule has 3 N–H and O–H groups in total. The Hall–Kier alpha value is -4.07. The van der Waals surface area contributed by atoms with E-state index in [1.54, 1.807) is 12.1 Å². The SMILES string of the molecule is O=C(CCNC(=O)c1ccc(F)cc1F)Nc1ccc(-c2nc3ccccc3[nH]2)cc1. The Bertz CT molecular complexity index is 1220. The van der Waals surface area contributed by atoms with E-state index in [2.05, 4.69) is 20.6 Å². The van der Waals surface area contributed by atoms with E-state index in [9.17, 15) is 18.4 Å². The van der Waals surface area contributed by atoms with E-state index in [1.165, 1.54) is 0 Å². The molecule has 4 rings (SSSR count). The molecule has 0 aliphatic carbocycles. The van der Waals surface area contributed by atoms with Crippen LogP contribution in [0.5, 0.6) is 0 Å². The lowest BCUT2D eigenvalue weighted by Gasteiger charge is -2.08. The molecular weight excluding hydrogens is 402 g/mol. The number of amides is 2. The molecular formula is C23H18F2N4O2. The Balaban J connectivity index is 1.30. The summed E-state index contributed by atoms with van der Waals surface area (Å²) in [6.07, 6.45) is -0.000121. The highest BCUT2D eigenvalue weighted by Crippen LogP contribution is 2.22. The number of hydrogen-bond acceptors (Lipinski definition) is 3. The Kier molecular flexibility index (Phi) is 5.70. The summed E-state index contributed by atoms with van der Waals surface area (Å²) in [5, 5.41) is 5.18. The molecule has 4 aromatic rings. The van der Waals surface area contributed by atoms with E-state index < -0.39 is 17.5 Å². The van der Waals surface area contributed by atoms with Crippen molar-refractivity contribution >= 4 is 28.5 Å². The highest BCUT2D eigenvalue weighted by atomic mass is 19.1. The van der Waals surface area contributed by atoms with Crippen molar-refractivity contribution in [3.8, 4) is 11.4 Å². The number of anilines is 1. The van der Waals surface area contributed by atoms with Gasteiger partial charge in [0.1, 0.15) is 17.5 Å². The predicted octanol–water partition coefficient (Wildman–Crippen LogP) is 4.27. The van der Waals surface area contributed by atoms with Crippen molar-refractivity contribution in [2.45, 2.75) is 6.42 Å². The second-order valence-corrected chi connectivity index (χ2v) is 6.86. The lowest BCUT2D eigenvalue weighted by molar-refractivity contribution is -0.116. The highest BCUT2D eigenvalue weighted by molar-refractivity contribution is 5.95. The van der Waals surface area contributed by atoms with Gasteiger partial charge in [-0.15, -0.1) is 0 Å². The molecule has 0 spiro atoms. The standard InChI is InChI=1S/C23H18F2N4O2/c24-15-7-10-17(18(25)13-15)23(31)26-12-11-21(30)27-16-8-5-14(6-9-16)22-28-19-3-1-2-4-20(19)29-22/h1-10,13H,11-12H2,(H,26,31)(H,27,30)(H,28,29). The zero-order chi connectivity index (χ0) is 21.8. The van der Waals surface area contributed by atoms with Crippen LogP contribution in [0.2, 0.25) is 0 Å². The van der Waals surface area contributed by atoms with Crippen molar-refractivity contribution in [2.24, 2.45) is 0 Å². The van der Waals surface area contributed by atoms with Gasteiger partial charge in [-0.1, -0.05) is 12.1 Å². The van der Waals surface area contributed by atoms with Gasteiger partial charge in [-0.05, 0) is 48.5 Å².